The smallest absolute Gasteiger partial charge is 0.161 e. The van der Waals surface area contributed by atoms with Crippen molar-refractivity contribution >= 4 is 23.3 Å². The second kappa shape index (κ2) is 7.32. The summed E-state index contributed by atoms with van der Waals surface area (Å²) in [5.74, 6) is 1.57. The fourth-order valence-corrected chi connectivity index (χ4v) is 3.60. The number of benzene rings is 1. The molecule has 0 unspecified atom stereocenters. The highest BCUT2D eigenvalue weighted by molar-refractivity contribution is 7.80. The van der Waals surface area contributed by atoms with Crippen molar-refractivity contribution in [1.29, 1.82) is 0 Å². The molecule has 4 nitrogen and oxygen atoms in total. The lowest BCUT2D eigenvalue weighted by Gasteiger charge is -2.30. The van der Waals surface area contributed by atoms with E-state index in [0.29, 0.717) is 0 Å². The summed E-state index contributed by atoms with van der Waals surface area (Å²) in [5, 5.41) is 3.38. The van der Waals surface area contributed by atoms with Gasteiger partial charge in [0.25, 0.3) is 0 Å². The molecule has 0 spiro atoms. The second-order valence-electron chi connectivity index (χ2n) is 5.97. The van der Waals surface area contributed by atoms with Gasteiger partial charge in [-0.15, -0.1) is 0 Å². The van der Waals surface area contributed by atoms with Crippen LogP contribution in [0.25, 0.3) is 6.08 Å². The van der Waals surface area contributed by atoms with E-state index in [1.165, 1.54) is 16.7 Å². The molecule has 0 saturated carbocycles. The topological polar surface area (TPSA) is 33.7 Å². The minimum Gasteiger partial charge on any atom is -0.493 e. The van der Waals surface area contributed by atoms with Crippen LogP contribution in [0.4, 0.5) is 0 Å². The van der Waals surface area contributed by atoms with Gasteiger partial charge in [-0.05, 0) is 54.2 Å². The van der Waals surface area contributed by atoms with Crippen molar-refractivity contribution in [2.75, 3.05) is 40.4 Å². The average Bonchev–Trinajstić information content (AvgIpc) is 2.82. The van der Waals surface area contributed by atoms with Crippen molar-refractivity contribution in [3.8, 4) is 11.5 Å². The first-order valence-electron chi connectivity index (χ1n) is 8.18. The Balaban J connectivity index is 1.91. The molecule has 0 aromatic heterocycles. The fraction of sp³-hybridized carbons (Fsp3) is 0.500. The van der Waals surface area contributed by atoms with E-state index in [4.69, 9.17) is 21.7 Å². The Hall–Kier alpha value is -1.59. The van der Waals surface area contributed by atoms with E-state index in [1.807, 2.05) is 0 Å². The van der Waals surface area contributed by atoms with Crippen molar-refractivity contribution in [2.45, 2.75) is 19.3 Å². The third kappa shape index (κ3) is 3.51. The van der Waals surface area contributed by atoms with Gasteiger partial charge in [0.05, 0.1) is 14.2 Å². The minimum atomic E-state index is 0.775. The van der Waals surface area contributed by atoms with Gasteiger partial charge in [0.2, 0.25) is 0 Å². The Morgan fingerprint density at radius 1 is 1.09 bits per heavy atom. The van der Waals surface area contributed by atoms with Gasteiger partial charge >= 0.3 is 0 Å². The Kier molecular flexibility index (Phi) is 5.18. The van der Waals surface area contributed by atoms with E-state index >= 15 is 0 Å². The van der Waals surface area contributed by atoms with E-state index < -0.39 is 0 Å². The van der Waals surface area contributed by atoms with E-state index in [1.54, 1.807) is 14.2 Å². The Bertz CT molecular complexity index is 622. The zero-order chi connectivity index (χ0) is 16.2. The monoisotopic (exact) mass is 332 g/mol. The van der Waals surface area contributed by atoms with Gasteiger partial charge in [0.1, 0.15) is 4.99 Å². The lowest BCUT2D eigenvalue weighted by Crippen LogP contribution is -2.46. The van der Waals surface area contributed by atoms with Crippen molar-refractivity contribution < 1.29 is 9.47 Å². The number of ether oxygens (including phenoxy) is 2. The van der Waals surface area contributed by atoms with Crippen LogP contribution in [0.15, 0.2) is 17.7 Å². The van der Waals surface area contributed by atoms with Gasteiger partial charge in [-0.1, -0.05) is 12.2 Å². The first kappa shape index (κ1) is 16.3. The number of piperazine rings is 1. The van der Waals surface area contributed by atoms with Gasteiger partial charge in [-0.2, -0.15) is 0 Å². The largest absolute Gasteiger partial charge is 0.493 e. The molecular weight excluding hydrogens is 308 g/mol. The molecule has 1 aromatic rings. The SMILES string of the molecule is COc1cc2c(cc1OC)CCCC(C(=S)N1CCNCC1)=C2. The number of aryl methyl sites for hydroxylation is 1. The van der Waals surface area contributed by atoms with Crippen LogP contribution in [0, 0.1) is 0 Å². The summed E-state index contributed by atoms with van der Waals surface area (Å²) in [4.78, 5) is 3.33. The zero-order valence-electron chi connectivity index (χ0n) is 13.9. The molecule has 0 atom stereocenters. The van der Waals surface area contributed by atoms with E-state index in [9.17, 15) is 0 Å². The summed E-state index contributed by atoms with van der Waals surface area (Å²) >= 11 is 5.77. The van der Waals surface area contributed by atoms with Crippen LogP contribution in [-0.2, 0) is 6.42 Å². The number of hydrogen-bond donors (Lipinski definition) is 1. The molecular formula is C18H24N2O2S. The Labute approximate surface area is 143 Å². The second-order valence-corrected chi connectivity index (χ2v) is 6.36. The van der Waals surface area contributed by atoms with Crippen LogP contribution in [0.3, 0.4) is 0 Å². The summed E-state index contributed by atoms with van der Waals surface area (Å²) in [6, 6.07) is 4.17. The maximum Gasteiger partial charge on any atom is 0.161 e. The molecule has 3 rings (SSSR count). The van der Waals surface area contributed by atoms with Gasteiger partial charge < -0.3 is 19.7 Å². The van der Waals surface area contributed by atoms with Crippen LogP contribution < -0.4 is 14.8 Å². The van der Waals surface area contributed by atoms with Crippen LogP contribution in [0.1, 0.15) is 24.0 Å². The lowest BCUT2D eigenvalue weighted by atomic mass is 10.0. The Morgan fingerprint density at radius 2 is 1.78 bits per heavy atom. The highest BCUT2D eigenvalue weighted by atomic mass is 32.1. The Morgan fingerprint density at radius 3 is 2.48 bits per heavy atom. The molecule has 0 amide bonds. The van der Waals surface area contributed by atoms with E-state index in [2.05, 4.69) is 28.4 Å². The molecule has 1 N–H and O–H groups in total. The third-order valence-corrected chi connectivity index (χ3v) is 5.07. The summed E-state index contributed by atoms with van der Waals surface area (Å²) in [6.07, 6.45) is 5.43. The lowest BCUT2D eigenvalue weighted by molar-refractivity contribution is 0.354. The zero-order valence-corrected chi connectivity index (χ0v) is 14.7. The van der Waals surface area contributed by atoms with Crippen molar-refractivity contribution in [1.82, 2.24) is 10.2 Å². The van der Waals surface area contributed by atoms with E-state index in [-0.39, 0.29) is 0 Å². The molecule has 124 valence electrons. The van der Waals surface area contributed by atoms with Gasteiger partial charge in [-0.25, -0.2) is 0 Å². The number of nitrogens with one attached hydrogen (secondary N) is 1. The van der Waals surface area contributed by atoms with E-state index in [0.717, 1.165) is 61.9 Å². The van der Waals surface area contributed by atoms with Gasteiger partial charge in [0.15, 0.2) is 11.5 Å². The van der Waals surface area contributed by atoms with Crippen LogP contribution in [0.5, 0.6) is 11.5 Å². The highest BCUT2D eigenvalue weighted by Gasteiger charge is 2.20. The third-order valence-electron chi connectivity index (χ3n) is 4.55. The van der Waals surface area contributed by atoms with Crippen LogP contribution >= 0.6 is 12.2 Å². The maximum absolute atomic E-state index is 5.77. The molecule has 1 heterocycles. The number of thiocarbonyl (C=S) groups is 1. The number of rotatable bonds is 3. The maximum atomic E-state index is 5.77. The molecule has 0 radical (unpaired) electrons. The molecule has 5 heteroatoms. The first-order valence-corrected chi connectivity index (χ1v) is 8.59. The number of fused-ring (bicyclic) bond motifs is 1. The summed E-state index contributed by atoms with van der Waals surface area (Å²) in [7, 11) is 3.36. The summed E-state index contributed by atoms with van der Waals surface area (Å²) in [5.41, 5.74) is 3.78. The highest BCUT2D eigenvalue weighted by Crippen LogP contribution is 2.34. The standard InChI is InChI=1S/C18H24N2O2S/c1-21-16-11-13-4-3-5-14(10-15(13)12-17(16)22-2)18(23)20-8-6-19-7-9-20/h10-12,19H,3-9H2,1-2H3. The number of hydrogen-bond acceptors (Lipinski definition) is 4. The number of nitrogens with zero attached hydrogens (tertiary/aromatic N) is 1. The normalized spacial score (nSPS) is 17.8. The molecule has 0 bridgehead atoms. The number of methoxy groups -OCH3 is 2. The minimum absolute atomic E-state index is 0.775. The van der Waals surface area contributed by atoms with Crippen molar-refractivity contribution in [3.05, 3.63) is 28.8 Å². The fourth-order valence-electron chi connectivity index (χ4n) is 3.26. The van der Waals surface area contributed by atoms with Gasteiger partial charge in [-0.3, -0.25) is 0 Å². The molecule has 2 aliphatic rings. The van der Waals surface area contributed by atoms with Crippen molar-refractivity contribution in [2.24, 2.45) is 0 Å². The summed E-state index contributed by atoms with van der Waals surface area (Å²) < 4.78 is 10.9. The average molecular weight is 332 g/mol. The predicted octanol–water partition coefficient (Wildman–Crippen LogP) is 2.66. The molecule has 1 aliphatic carbocycles. The van der Waals surface area contributed by atoms with Gasteiger partial charge in [0, 0.05) is 26.2 Å². The quantitative estimate of drug-likeness (QED) is 0.861. The summed E-state index contributed by atoms with van der Waals surface area (Å²) in [6.45, 7) is 4.01. The molecule has 1 aromatic carbocycles. The molecule has 1 saturated heterocycles. The first-order chi connectivity index (χ1) is 11.2. The van der Waals surface area contributed by atoms with Crippen LogP contribution in [0.2, 0.25) is 0 Å². The van der Waals surface area contributed by atoms with Crippen LogP contribution in [-0.4, -0.2) is 50.3 Å². The predicted molar refractivity (Wildman–Crippen MR) is 97.5 cm³/mol. The molecule has 1 aliphatic heterocycles. The molecule has 1 fully saturated rings. The molecule has 23 heavy (non-hydrogen) atoms. The van der Waals surface area contributed by atoms with Crippen molar-refractivity contribution in [3.63, 3.8) is 0 Å².